The lowest BCUT2D eigenvalue weighted by Crippen LogP contribution is -2.35. The molecular weight excluding hydrogens is 327 g/mol. The summed E-state index contributed by atoms with van der Waals surface area (Å²) in [5.41, 5.74) is 0.776. The second-order valence-corrected chi connectivity index (χ2v) is 7.22. The fourth-order valence-corrected chi connectivity index (χ4v) is 3.90. The van der Waals surface area contributed by atoms with Gasteiger partial charge in [-0.25, -0.2) is 9.37 Å². The molecule has 1 aliphatic heterocycles. The Morgan fingerprint density at radius 1 is 1.08 bits per heavy atom. The van der Waals surface area contributed by atoms with Crippen molar-refractivity contribution in [2.75, 3.05) is 26.2 Å². The molecule has 0 spiro atoms. The van der Waals surface area contributed by atoms with Crippen molar-refractivity contribution in [1.82, 2.24) is 9.88 Å². The molecule has 4 heteroatoms. The summed E-state index contributed by atoms with van der Waals surface area (Å²) in [5.74, 6) is 1.00. The summed E-state index contributed by atoms with van der Waals surface area (Å²) in [7, 11) is 0. The van der Waals surface area contributed by atoms with Crippen molar-refractivity contribution in [1.29, 1.82) is 0 Å². The van der Waals surface area contributed by atoms with E-state index in [4.69, 9.17) is 4.74 Å². The first-order valence-corrected chi connectivity index (χ1v) is 9.57. The Labute approximate surface area is 153 Å². The van der Waals surface area contributed by atoms with Crippen molar-refractivity contribution >= 4 is 21.7 Å². The van der Waals surface area contributed by atoms with Crippen LogP contribution in [0, 0.1) is 11.7 Å². The third-order valence-electron chi connectivity index (χ3n) is 5.33. The van der Waals surface area contributed by atoms with Crippen molar-refractivity contribution in [2.45, 2.75) is 26.2 Å². The van der Waals surface area contributed by atoms with Gasteiger partial charge in [-0.2, -0.15) is 0 Å². The van der Waals surface area contributed by atoms with Gasteiger partial charge in [0.1, 0.15) is 5.82 Å². The van der Waals surface area contributed by atoms with Gasteiger partial charge in [-0.05, 0) is 74.5 Å². The largest absolute Gasteiger partial charge is 0.477 e. The van der Waals surface area contributed by atoms with Gasteiger partial charge in [0.25, 0.3) is 0 Å². The Balaban J connectivity index is 1.55. The fourth-order valence-electron chi connectivity index (χ4n) is 3.90. The molecule has 2 heterocycles. The van der Waals surface area contributed by atoms with E-state index >= 15 is 0 Å². The Morgan fingerprint density at radius 2 is 1.85 bits per heavy atom. The Bertz CT molecular complexity index is 903. The molecule has 0 unspecified atom stereocenters. The van der Waals surface area contributed by atoms with Gasteiger partial charge in [-0.1, -0.05) is 25.1 Å². The van der Waals surface area contributed by atoms with E-state index in [2.05, 4.69) is 16.8 Å². The number of hydrogen-bond donors (Lipinski definition) is 0. The first kappa shape index (κ1) is 17.2. The molecule has 2 aromatic carbocycles. The average molecular weight is 352 g/mol. The zero-order valence-electron chi connectivity index (χ0n) is 15.2. The van der Waals surface area contributed by atoms with E-state index in [0.29, 0.717) is 18.4 Å². The van der Waals surface area contributed by atoms with Crippen molar-refractivity contribution in [2.24, 2.45) is 5.92 Å². The smallest absolute Gasteiger partial charge is 0.221 e. The van der Waals surface area contributed by atoms with Crippen LogP contribution >= 0.6 is 0 Å². The third kappa shape index (κ3) is 3.51. The van der Waals surface area contributed by atoms with Crippen LogP contribution in [0.2, 0.25) is 0 Å². The van der Waals surface area contributed by atoms with Crippen molar-refractivity contribution in [3.05, 3.63) is 48.3 Å². The maximum atomic E-state index is 13.7. The summed E-state index contributed by atoms with van der Waals surface area (Å²) >= 11 is 0. The lowest BCUT2D eigenvalue weighted by atomic mass is 9.98. The minimum Gasteiger partial charge on any atom is -0.477 e. The quantitative estimate of drug-likeness (QED) is 0.602. The first-order valence-electron chi connectivity index (χ1n) is 9.57. The number of likely N-dealkylation sites (tertiary alicyclic amines) is 1. The van der Waals surface area contributed by atoms with E-state index in [1.54, 1.807) is 12.1 Å². The van der Waals surface area contributed by atoms with Gasteiger partial charge < -0.3 is 9.64 Å². The molecular formula is C22H25FN2O. The summed E-state index contributed by atoms with van der Waals surface area (Å²) in [6.45, 7) is 6.45. The van der Waals surface area contributed by atoms with Crippen LogP contribution < -0.4 is 4.74 Å². The molecule has 0 saturated carbocycles. The first-order chi connectivity index (χ1) is 12.7. The fraction of sp³-hybridized carbons (Fsp3) is 0.409. The highest BCUT2D eigenvalue weighted by Crippen LogP contribution is 2.31. The van der Waals surface area contributed by atoms with E-state index in [1.165, 1.54) is 31.9 Å². The van der Waals surface area contributed by atoms with Gasteiger partial charge in [-0.15, -0.1) is 0 Å². The zero-order valence-corrected chi connectivity index (χ0v) is 15.2. The Kier molecular flexibility index (Phi) is 5.02. The van der Waals surface area contributed by atoms with Gasteiger partial charge in [0, 0.05) is 10.8 Å². The van der Waals surface area contributed by atoms with Crippen LogP contribution in [0.4, 0.5) is 4.39 Å². The number of hydrogen-bond acceptors (Lipinski definition) is 3. The van der Waals surface area contributed by atoms with E-state index < -0.39 is 0 Å². The number of fused-ring (bicyclic) bond motifs is 3. The van der Waals surface area contributed by atoms with Crippen molar-refractivity contribution in [3.8, 4) is 5.88 Å². The van der Waals surface area contributed by atoms with Crippen LogP contribution in [0.25, 0.3) is 21.7 Å². The topological polar surface area (TPSA) is 25.4 Å². The number of rotatable bonds is 5. The second kappa shape index (κ2) is 7.58. The molecule has 3 aromatic rings. The number of piperidine rings is 1. The predicted molar refractivity (Wildman–Crippen MR) is 104 cm³/mol. The van der Waals surface area contributed by atoms with Gasteiger partial charge in [0.15, 0.2) is 0 Å². The summed E-state index contributed by atoms with van der Waals surface area (Å²) in [6, 6.07) is 12.7. The minimum absolute atomic E-state index is 0.239. The van der Waals surface area contributed by atoms with Crippen LogP contribution in [-0.2, 0) is 0 Å². The van der Waals surface area contributed by atoms with Crippen LogP contribution in [0.5, 0.6) is 5.88 Å². The van der Waals surface area contributed by atoms with Gasteiger partial charge in [-0.3, -0.25) is 0 Å². The standard InChI is InChI=1S/C22H25FN2O/c1-2-11-25-12-9-16(10-13-25)15-26-22-19-6-4-3-5-18(19)20-14-17(23)7-8-21(20)24-22/h3-8,14,16H,2,9-13,15H2,1H3. The summed E-state index contributed by atoms with van der Waals surface area (Å²) in [6.07, 6.45) is 3.57. The highest BCUT2D eigenvalue weighted by molar-refractivity contribution is 6.07. The molecule has 3 nitrogen and oxygen atoms in total. The lowest BCUT2D eigenvalue weighted by molar-refractivity contribution is 0.140. The highest BCUT2D eigenvalue weighted by atomic mass is 19.1. The second-order valence-electron chi connectivity index (χ2n) is 7.22. The molecule has 4 rings (SSSR count). The summed E-state index contributed by atoms with van der Waals surface area (Å²) in [5, 5.41) is 2.78. The number of benzene rings is 2. The SMILES string of the molecule is CCCN1CCC(COc2nc3ccc(F)cc3c3ccccc23)CC1. The van der Waals surface area contributed by atoms with Gasteiger partial charge in [0.2, 0.25) is 5.88 Å². The molecule has 0 N–H and O–H groups in total. The number of halogens is 1. The third-order valence-corrected chi connectivity index (χ3v) is 5.33. The molecule has 26 heavy (non-hydrogen) atoms. The molecule has 136 valence electrons. The molecule has 1 aromatic heterocycles. The molecule has 0 aliphatic carbocycles. The van der Waals surface area contributed by atoms with Crippen LogP contribution in [0.3, 0.4) is 0 Å². The van der Waals surface area contributed by atoms with Crippen molar-refractivity contribution in [3.63, 3.8) is 0 Å². The maximum absolute atomic E-state index is 13.7. The molecule has 0 radical (unpaired) electrons. The van der Waals surface area contributed by atoms with E-state index in [0.717, 1.165) is 34.8 Å². The van der Waals surface area contributed by atoms with Gasteiger partial charge >= 0.3 is 0 Å². The molecule has 1 aliphatic rings. The molecule has 1 saturated heterocycles. The Morgan fingerprint density at radius 3 is 2.62 bits per heavy atom. The Hall–Kier alpha value is -2.20. The monoisotopic (exact) mass is 352 g/mol. The normalized spacial score (nSPS) is 16.4. The maximum Gasteiger partial charge on any atom is 0.221 e. The van der Waals surface area contributed by atoms with Crippen LogP contribution in [-0.4, -0.2) is 36.1 Å². The van der Waals surface area contributed by atoms with Crippen LogP contribution in [0.1, 0.15) is 26.2 Å². The van der Waals surface area contributed by atoms with Crippen LogP contribution in [0.15, 0.2) is 42.5 Å². The minimum atomic E-state index is -0.239. The van der Waals surface area contributed by atoms with Crippen molar-refractivity contribution < 1.29 is 9.13 Å². The predicted octanol–water partition coefficient (Wildman–Crippen LogP) is 5.03. The molecule has 0 bridgehead atoms. The van der Waals surface area contributed by atoms with Gasteiger partial charge in [0.05, 0.1) is 12.1 Å². The highest BCUT2D eigenvalue weighted by Gasteiger charge is 2.20. The van der Waals surface area contributed by atoms with E-state index in [1.807, 2.05) is 24.3 Å². The zero-order chi connectivity index (χ0) is 17.9. The number of nitrogens with zero attached hydrogens (tertiary/aromatic N) is 2. The molecule has 0 amide bonds. The molecule has 1 fully saturated rings. The summed E-state index contributed by atoms with van der Waals surface area (Å²) < 4.78 is 19.8. The van der Waals surface area contributed by atoms with E-state index in [9.17, 15) is 4.39 Å². The summed E-state index contributed by atoms with van der Waals surface area (Å²) in [4.78, 5) is 7.21. The number of aromatic nitrogens is 1. The van der Waals surface area contributed by atoms with E-state index in [-0.39, 0.29) is 5.82 Å². The molecule has 0 atom stereocenters. The average Bonchev–Trinajstić information content (AvgIpc) is 2.68. The number of ether oxygens (including phenoxy) is 1. The number of pyridine rings is 1. The lowest BCUT2D eigenvalue weighted by Gasteiger charge is -2.31.